The second-order valence-electron chi connectivity index (χ2n) is 4.61. The molecule has 0 aliphatic rings. The molecular weight excluding hydrogens is 377 g/mol. The van der Waals surface area contributed by atoms with Crippen LogP contribution in [0.5, 0.6) is 5.75 Å². The lowest BCUT2D eigenvalue weighted by atomic mass is 10.2. The number of urea groups is 1. The zero-order valence-electron chi connectivity index (χ0n) is 11.9. The summed E-state index contributed by atoms with van der Waals surface area (Å²) in [7, 11) is 0. The highest BCUT2D eigenvalue weighted by atomic mass is 79.9. The lowest BCUT2D eigenvalue weighted by molar-refractivity contribution is -0.274. The fourth-order valence-corrected chi connectivity index (χ4v) is 2.27. The lowest BCUT2D eigenvalue weighted by Gasteiger charge is -2.11. The molecule has 2 rings (SSSR count). The lowest BCUT2D eigenvalue weighted by Crippen LogP contribution is -2.20. The first kappa shape index (κ1) is 17.1. The molecule has 122 valence electrons. The van der Waals surface area contributed by atoms with Crippen LogP contribution in [0.25, 0.3) is 0 Å². The Labute approximate surface area is 138 Å². The molecule has 2 N–H and O–H groups in total. The quantitative estimate of drug-likeness (QED) is 0.749. The first-order chi connectivity index (χ1) is 10.7. The molecule has 0 heterocycles. The Bertz CT molecular complexity index is 703. The van der Waals surface area contributed by atoms with Crippen molar-refractivity contribution in [2.45, 2.75) is 13.3 Å². The van der Waals surface area contributed by atoms with Gasteiger partial charge in [0.05, 0.1) is 0 Å². The van der Waals surface area contributed by atoms with Crippen LogP contribution in [-0.2, 0) is 0 Å². The van der Waals surface area contributed by atoms with E-state index in [9.17, 15) is 18.0 Å². The maximum absolute atomic E-state index is 12.1. The Morgan fingerprint density at radius 2 is 1.74 bits per heavy atom. The number of nitrogens with one attached hydrogen (secondary N) is 2. The summed E-state index contributed by atoms with van der Waals surface area (Å²) in [6.45, 7) is 1.84. The highest BCUT2D eigenvalue weighted by molar-refractivity contribution is 9.10. The van der Waals surface area contributed by atoms with E-state index in [0.29, 0.717) is 11.4 Å². The molecule has 0 aromatic heterocycles. The molecule has 2 amide bonds. The van der Waals surface area contributed by atoms with Crippen molar-refractivity contribution in [2.24, 2.45) is 0 Å². The summed E-state index contributed by atoms with van der Waals surface area (Å²) >= 11 is 3.32. The van der Waals surface area contributed by atoms with Gasteiger partial charge in [0.15, 0.2) is 0 Å². The van der Waals surface area contributed by atoms with Crippen LogP contribution in [0, 0.1) is 6.92 Å². The molecule has 0 radical (unpaired) electrons. The summed E-state index contributed by atoms with van der Waals surface area (Å²) in [6.07, 6.45) is -4.74. The molecule has 0 saturated heterocycles. The summed E-state index contributed by atoms with van der Waals surface area (Å²) in [4.78, 5) is 11.9. The molecule has 2 aromatic rings. The minimum atomic E-state index is -4.74. The number of hydrogen-bond donors (Lipinski definition) is 2. The van der Waals surface area contributed by atoms with Crippen molar-refractivity contribution < 1.29 is 22.7 Å². The van der Waals surface area contributed by atoms with Crippen molar-refractivity contribution in [1.29, 1.82) is 0 Å². The average molecular weight is 389 g/mol. The number of amides is 2. The van der Waals surface area contributed by atoms with Gasteiger partial charge in [-0.3, -0.25) is 0 Å². The van der Waals surface area contributed by atoms with Crippen molar-refractivity contribution in [3.05, 3.63) is 52.5 Å². The summed E-state index contributed by atoms with van der Waals surface area (Å²) in [5, 5.41) is 5.18. The minimum absolute atomic E-state index is 0.340. The smallest absolute Gasteiger partial charge is 0.406 e. The molecule has 0 bridgehead atoms. The van der Waals surface area contributed by atoms with Gasteiger partial charge in [-0.15, -0.1) is 13.2 Å². The van der Waals surface area contributed by atoms with Gasteiger partial charge < -0.3 is 15.4 Å². The van der Waals surface area contributed by atoms with E-state index in [1.807, 2.05) is 13.0 Å². The van der Waals surface area contributed by atoms with Crippen LogP contribution in [0.4, 0.5) is 29.3 Å². The van der Waals surface area contributed by atoms with Crippen molar-refractivity contribution in [2.75, 3.05) is 10.6 Å². The number of alkyl halides is 3. The number of rotatable bonds is 3. The summed E-state index contributed by atoms with van der Waals surface area (Å²) in [5.74, 6) is -0.354. The number of benzene rings is 2. The summed E-state index contributed by atoms with van der Waals surface area (Å²) in [6, 6.07) is 9.73. The Balaban J connectivity index is 1.97. The Hall–Kier alpha value is -2.22. The predicted octanol–water partition coefficient (Wildman–Crippen LogP) is 5.30. The van der Waals surface area contributed by atoms with E-state index in [-0.39, 0.29) is 5.75 Å². The van der Waals surface area contributed by atoms with Gasteiger partial charge in [-0.25, -0.2) is 4.79 Å². The topological polar surface area (TPSA) is 50.4 Å². The fourth-order valence-electron chi connectivity index (χ4n) is 1.79. The third-order valence-electron chi connectivity index (χ3n) is 2.78. The van der Waals surface area contributed by atoms with Gasteiger partial charge >= 0.3 is 12.4 Å². The predicted molar refractivity (Wildman–Crippen MR) is 84.6 cm³/mol. The van der Waals surface area contributed by atoms with Crippen molar-refractivity contribution in [3.8, 4) is 5.75 Å². The number of ether oxygens (including phenoxy) is 1. The molecule has 0 aliphatic carbocycles. The first-order valence-electron chi connectivity index (χ1n) is 6.43. The number of anilines is 2. The third kappa shape index (κ3) is 5.48. The van der Waals surface area contributed by atoms with Gasteiger partial charge in [-0.1, -0.05) is 15.9 Å². The monoisotopic (exact) mass is 388 g/mol. The largest absolute Gasteiger partial charge is 0.573 e. The third-order valence-corrected chi connectivity index (χ3v) is 3.28. The van der Waals surface area contributed by atoms with Crippen LogP contribution in [0.2, 0.25) is 0 Å². The molecule has 2 aromatic carbocycles. The molecule has 0 spiro atoms. The summed E-state index contributed by atoms with van der Waals surface area (Å²) in [5.41, 5.74) is 1.83. The molecule has 0 unspecified atom stereocenters. The van der Waals surface area contributed by atoms with Crippen LogP contribution in [-0.4, -0.2) is 12.4 Å². The number of aryl methyl sites for hydroxylation is 1. The molecule has 0 atom stereocenters. The Kier molecular flexibility index (Phi) is 5.15. The van der Waals surface area contributed by atoms with Crippen LogP contribution < -0.4 is 15.4 Å². The SMILES string of the molecule is Cc1cc(Br)ccc1NC(=O)Nc1ccc(OC(F)(F)F)cc1. The summed E-state index contributed by atoms with van der Waals surface area (Å²) < 4.78 is 40.8. The van der Waals surface area contributed by atoms with Crippen LogP contribution >= 0.6 is 15.9 Å². The van der Waals surface area contributed by atoms with Gasteiger partial charge in [0.1, 0.15) is 5.75 Å². The van der Waals surface area contributed by atoms with E-state index in [1.165, 1.54) is 12.1 Å². The van der Waals surface area contributed by atoms with Gasteiger partial charge in [0.2, 0.25) is 0 Å². The van der Waals surface area contributed by atoms with Crippen LogP contribution in [0.15, 0.2) is 46.9 Å². The van der Waals surface area contributed by atoms with E-state index >= 15 is 0 Å². The molecule has 8 heteroatoms. The second kappa shape index (κ2) is 6.91. The molecular formula is C15H12BrF3N2O2. The van der Waals surface area contributed by atoms with Crippen LogP contribution in [0.1, 0.15) is 5.56 Å². The zero-order chi connectivity index (χ0) is 17.0. The Morgan fingerprint density at radius 3 is 2.30 bits per heavy atom. The minimum Gasteiger partial charge on any atom is -0.406 e. The van der Waals surface area contributed by atoms with E-state index < -0.39 is 12.4 Å². The number of halogens is 4. The van der Waals surface area contributed by atoms with E-state index in [0.717, 1.165) is 22.2 Å². The molecule has 23 heavy (non-hydrogen) atoms. The normalized spacial score (nSPS) is 11.0. The molecule has 0 fully saturated rings. The van der Waals surface area contributed by atoms with E-state index in [2.05, 4.69) is 31.3 Å². The van der Waals surface area contributed by atoms with E-state index in [1.54, 1.807) is 12.1 Å². The van der Waals surface area contributed by atoms with Crippen molar-refractivity contribution >= 4 is 33.3 Å². The van der Waals surface area contributed by atoms with Gasteiger partial charge in [-0.05, 0) is 55.0 Å². The van der Waals surface area contributed by atoms with Crippen molar-refractivity contribution in [1.82, 2.24) is 0 Å². The molecule has 4 nitrogen and oxygen atoms in total. The number of hydrogen-bond acceptors (Lipinski definition) is 2. The van der Waals surface area contributed by atoms with Gasteiger partial charge in [0.25, 0.3) is 0 Å². The van der Waals surface area contributed by atoms with Gasteiger partial charge in [0, 0.05) is 15.8 Å². The van der Waals surface area contributed by atoms with Crippen LogP contribution in [0.3, 0.4) is 0 Å². The molecule has 0 saturated carbocycles. The molecule has 0 aliphatic heterocycles. The maximum atomic E-state index is 12.1. The number of carbonyl (C=O) groups is 1. The Morgan fingerprint density at radius 1 is 1.09 bits per heavy atom. The standard InChI is InChI=1S/C15H12BrF3N2O2/c1-9-8-10(16)2-7-13(9)21-14(22)20-11-3-5-12(6-4-11)23-15(17,18)19/h2-8H,1H3,(H2,20,21,22). The maximum Gasteiger partial charge on any atom is 0.573 e. The zero-order valence-corrected chi connectivity index (χ0v) is 13.5. The second-order valence-corrected chi connectivity index (χ2v) is 5.53. The van der Waals surface area contributed by atoms with Gasteiger partial charge in [-0.2, -0.15) is 0 Å². The van der Waals surface area contributed by atoms with Crippen molar-refractivity contribution in [3.63, 3.8) is 0 Å². The number of carbonyl (C=O) groups excluding carboxylic acids is 1. The first-order valence-corrected chi connectivity index (χ1v) is 7.22. The highest BCUT2D eigenvalue weighted by Crippen LogP contribution is 2.24. The fraction of sp³-hybridized carbons (Fsp3) is 0.133. The highest BCUT2D eigenvalue weighted by Gasteiger charge is 2.30. The van der Waals surface area contributed by atoms with E-state index in [4.69, 9.17) is 0 Å². The average Bonchev–Trinajstić information content (AvgIpc) is 2.42.